The summed E-state index contributed by atoms with van der Waals surface area (Å²) in [5.74, 6) is -1.17. The van der Waals surface area contributed by atoms with Gasteiger partial charge in [-0.2, -0.15) is 0 Å². The number of benzene rings is 2. The summed E-state index contributed by atoms with van der Waals surface area (Å²) in [7, 11) is 1.84. The molecule has 1 aliphatic rings. The second kappa shape index (κ2) is 10.1. The van der Waals surface area contributed by atoms with Gasteiger partial charge in [-0.3, -0.25) is 9.59 Å². The predicted molar refractivity (Wildman–Crippen MR) is 144 cm³/mol. The van der Waals surface area contributed by atoms with E-state index < -0.39 is 11.7 Å². The van der Waals surface area contributed by atoms with Crippen molar-refractivity contribution in [2.75, 3.05) is 24.3 Å². The van der Waals surface area contributed by atoms with Crippen LogP contribution in [0.5, 0.6) is 0 Å². The van der Waals surface area contributed by atoms with Crippen molar-refractivity contribution in [3.05, 3.63) is 72.3 Å². The van der Waals surface area contributed by atoms with Crippen LogP contribution in [-0.4, -0.2) is 45.6 Å². The standard InChI is InChI=1S/C28H27FN6O3/c1-15(2)27(36)33-18-7-4-16(5-8-18)24-22(23-25(30)31-14-32-26(23)35(24)3)17-6-9-20(21(29)12-17)28(37)34-19-10-11-38-13-19/h4-9,12,14,19H,1,10-11,13H2,2-3H3,(H,33,36)(H,34,37)(H2,30,31,32). The van der Waals surface area contributed by atoms with Gasteiger partial charge >= 0.3 is 0 Å². The number of nitrogen functional groups attached to an aromatic ring is 1. The lowest BCUT2D eigenvalue weighted by Gasteiger charge is -2.13. The van der Waals surface area contributed by atoms with Crippen LogP contribution < -0.4 is 16.4 Å². The van der Waals surface area contributed by atoms with E-state index >= 15 is 4.39 Å². The molecule has 0 aliphatic carbocycles. The molecule has 1 aliphatic heterocycles. The highest BCUT2D eigenvalue weighted by molar-refractivity contribution is 6.08. The Balaban J connectivity index is 1.58. The number of hydrogen-bond donors (Lipinski definition) is 3. The number of hydrogen-bond acceptors (Lipinski definition) is 6. The fraction of sp³-hybridized carbons (Fsp3) is 0.214. The molecule has 0 radical (unpaired) electrons. The summed E-state index contributed by atoms with van der Waals surface area (Å²) in [5.41, 5.74) is 10.5. The van der Waals surface area contributed by atoms with Gasteiger partial charge in [-0.05, 0) is 48.7 Å². The van der Waals surface area contributed by atoms with Crippen LogP contribution in [0.15, 0.2) is 60.9 Å². The quantitative estimate of drug-likeness (QED) is 0.334. The molecule has 1 unspecified atom stereocenters. The Hall–Kier alpha value is -4.57. The van der Waals surface area contributed by atoms with E-state index in [0.29, 0.717) is 53.1 Å². The molecular weight excluding hydrogens is 487 g/mol. The van der Waals surface area contributed by atoms with Crippen molar-refractivity contribution in [2.24, 2.45) is 7.05 Å². The first kappa shape index (κ1) is 25.1. The average molecular weight is 515 g/mol. The van der Waals surface area contributed by atoms with Crippen molar-refractivity contribution in [2.45, 2.75) is 19.4 Å². The monoisotopic (exact) mass is 514 g/mol. The Bertz CT molecular complexity index is 1570. The maximum atomic E-state index is 15.3. The van der Waals surface area contributed by atoms with Crippen LogP contribution >= 0.6 is 0 Å². The number of nitrogens with two attached hydrogens (primary N) is 1. The summed E-state index contributed by atoms with van der Waals surface area (Å²) >= 11 is 0. The average Bonchev–Trinajstić information content (AvgIpc) is 3.51. The van der Waals surface area contributed by atoms with E-state index in [0.717, 1.165) is 11.3 Å². The topological polar surface area (TPSA) is 124 Å². The molecule has 1 fully saturated rings. The van der Waals surface area contributed by atoms with Gasteiger partial charge in [0.1, 0.15) is 23.6 Å². The number of carbonyl (C=O) groups is 2. The van der Waals surface area contributed by atoms with Crippen molar-refractivity contribution < 1.29 is 18.7 Å². The number of rotatable bonds is 6. The molecule has 2 aromatic heterocycles. The number of fused-ring (bicyclic) bond motifs is 1. The zero-order chi connectivity index (χ0) is 27.0. The first-order valence-corrected chi connectivity index (χ1v) is 12.1. The Morgan fingerprint density at radius 1 is 1.16 bits per heavy atom. The van der Waals surface area contributed by atoms with Crippen molar-refractivity contribution in [1.29, 1.82) is 0 Å². The van der Waals surface area contributed by atoms with Crippen molar-refractivity contribution in [3.8, 4) is 22.4 Å². The van der Waals surface area contributed by atoms with Crippen LogP contribution in [0, 0.1) is 5.82 Å². The van der Waals surface area contributed by atoms with Gasteiger partial charge in [-0.15, -0.1) is 0 Å². The number of nitrogens with zero attached hydrogens (tertiary/aromatic N) is 3. The van der Waals surface area contributed by atoms with Gasteiger partial charge < -0.3 is 25.7 Å². The summed E-state index contributed by atoms with van der Waals surface area (Å²) in [6.07, 6.45) is 2.07. The molecule has 0 saturated carbocycles. The Morgan fingerprint density at radius 2 is 1.89 bits per heavy atom. The second-order valence-corrected chi connectivity index (χ2v) is 9.28. The molecule has 2 aromatic carbocycles. The maximum Gasteiger partial charge on any atom is 0.254 e. The summed E-state index contributed by atoms with van der Waals surface area (Å²) in [6, 6.07) is 11.6. The Labute approximate surface area is 218 Å². The molecule has 0 bridgehead atoms. The molecule has 4 aromatic rings. The minimum atomic E-state index is -0.657. The van der Waals surface area contributed by atoms with Gasteiger partial charge in [0.2, 0.25) is 0 Å². The van der Waals surface area contributed by atoms with Crippen LogP contribution in [0.25, 0.3) is 33.4 Å². The molecule has 4 N–H and O–H groups in total. The maximum absolute atomic E-state index is 15.3. The molecule has 5 rings (SSSR count). The molecule has 9 nitrogen and oxygen atoms in total. The highest BCUT2D eigenvalue weighted by Crippen LogP contribution is 2.42. The normalized spacial score (nSPS) is 15.0. The van der Waals surface area contributed by atoms with E-state index in [9.17, 15) is 9.59 Å². The number of carbonyl (C=O) groups excluding carboxylic acids is 2. The van der Waals surface area contributed by atoms with E-state index in [2.05, 4.69) is 27.2 Å². The van der Waals surface area contributed by atoms with Gasteiger partial charge in [-0.25, -0.2) is 14.4 Å². The summed E-state index contributed by atoms with van der Waals surface area (Å²) in [6.45, 7) is 6.27. The number of halogens is 1. The molecule has 3 heterocycles. The van der Waals surface area contributed by atoms with Gasteiger partial charge in [0.05, 0.1) is 29.3 Å². The number of aromatic nitrogens is 3. The lowest BCUT2D eigenvalue weighted by molar-refractivity contribution is -0.112. The first-order chi connectivity index (χ1) is 18.2. The smallest absolute Gasteiger partial charge is 0.254 e. The zero-order valence-corrected chi connectivity index (χ0v) is 21.0. The van der Waals surface area contributed by atoms with E-state index in [1.807, 2.05) is 23.7 Å². The highest BCUT2D eigenvalue weighted by atomic mass is 19.1. The second-order valence-electron chi connectivity index (χ2n) is 9.28. The molecule has 1 atom stereocenters. The van der Waals surface area contributed by atoms with Crippen LogP contribution in [0.2, 0.25) is 0 Å². The van der Waals surface area contributed by atoms with Crippen molar-refractivity contribution >= 4 is 34.4 Å². The zero-order valence-electron chi connectivity index (χ0n) is 21.0. The van der Waals surface area contributed by atoms with Crippen LogP contribution in [0.4, 0.5) is 15.9 Å². The minimum absolute atomic E-state index is 0.0516. The third kappa shape index (κ3) is 4.61. The largest absolute Gasteiger partial charge is 0.383 e. The molecule has 10 heteroatoms. The van der Waals surface area contributed by atoms with E-state index in [4.69, 9.17) is 10.5 Å². The Morgan fingerprint density at radius 3 is 2.55 bits per heavy atom. The highest BCUT2D eigenvalue weighted by Gasteiger charge is 2.24. The summed E-state index contributed by atoms with van der Waals surface area (Å²) in [4.78, 5) is 33.3. The lowest BCUT2D eigenvalue weighted by atomic mass is 9.97. The third-order valence-corrected chi connectivity index (χ3v) is 6.57. The molecule has 1 saturated heterocycles. The molecule has 0 spiro atoms. The van der Waals surface area contributed by atoms with Crippen molar-refractivity contribution in [3.63, 3.8) is 0 Å². The Kier molecular flexibility index (Phi) is 6.64. The fourth-order valence-electron chi connectivity index (χ4n) is 4.61. The van der Waals surface area contributed by atoms with E-state index in [1.165, 1.54) is 18.5 Å². The van der Waals surface area contributed by atoms with Gasteiger partial charge in [-0.1, -0.05) is 24.8 Å². The number of anilines is 2. The SMILES string of the molecule is C=C(C)C(=O)Nc1ccc(-c2c(-c3ccc(C(=O)NC4CCOC4)c(F)c3)c3c(N)ncnc3n2C)cc1. The summed E-state index contributed by atoms with van der Waals surface area (Å²) < 4.78 is 22.5. The van der Waals surface area contributed by atoms with Gasteiger partial charge in [0, 0.05) is 30.5 Å². The number of aryl methyl sites for hydroxylation is 1. The molecule has 38 heavy (non-hydrogen) atoms. The third-order valence-electron chi connectivity index (χ3n) is 6.57. The van der Waals surface area contributed by atoms with Gasteiger partial charge in [0.25, 0.3) is 11.8 Å². The number of nitrogens with one attached hydrogen (secondary N) is 2. The number of amides is 2. The predicted octanol–water partition coefficient (Wildman–Crippen LogP) is 4.06. The summed E-state index contributed by atoms with van der Waals surface area (Å²) in [5, 5.41) is 6.17. The lowest BCUT2D eigenvalue weighted by Crippen LogP contribution is -2.35. The van der Waals surface area contributed by atoms with E-state index in [-0.39, 0.29) is 23.3 Å². The van der Waals surface area contributed by atoms with Crippen LogP contribution in [0.3, 0.4) is 0 Å². The molecular formula is C28H27FN6O3. The van der Waals surface area contributed by atoms with Crippen LogP contribution in [-0.2, 0) is 16.6 Å². The number of ether oxygens (including phenoxy) is 1. The molecule has 2 amide bonds. The minimum Gasteiger partial charge on any atom is -0.383 e. The van der Waals surface area contributed by atoms with Gasteiger partial charge in [0.15, 0.2) is 0 Å². The fourth-order valence-corrected chi connectivity index (χ4v) is 4.61. The van der Waals surface area contributed by atoms with Crippen LogP contribution in [0.1, 0.15) is 23.7 Å². The molecule has 194 valence electrons. The first-order valence-electron chi connectivity index (χ1n) is 12.1. The van der Waals surface area contributed by atoms with E-state index in [1.54, 1.807) is 25.1 Å². The van der Waals surface area contributed by atoms with Crippen molar-refractivity contribution in [1.82, 2.24) is 19.9 Å².